The number of carbonyl (C=O) groups is 1. The van der Waals surface area contributed by atoms with Crippen LogP contribution in [0.3, 0.4) is 0 Å². The van der Waals surface area contributed by atoms with Crippen molar-refractivity contribution < 1.29 is 9.21 Å². The maximum absolute atomic E-state index is 12.6. The molecule has 6 heteroatoms. The van der Waals surface area contributed by atoms with Gasteiger partial charge in [-0.25, -0.2) is 4.98 Å². The van der Waals surface area contributed by atoms with Crippen LogP contribution in [0.4, 0.5) is 0 Å². The van der Waals surface area contributed by atoms with E-state index in [-0.39, 0.29) is 5.91 Å². The summed E-state index contributed by atoms with van der Waals surface area (Å²) < 4.78 is 5.32. The van der Waals surface area contributed by atoms with E-state index in [1.54, 1.807) is 24.3 Å². The summed E-state index contributed by atoms with van der Waals surface area (Å²) in [6.07, 6.45) is 4.04. The van der Waals surface area contributed by atoms with Crippen LogP contribution in [0.2, 0.25) is 0 Å². The molecule has 1 amide bonds. The van der Waals surface area contributed by atoms with Crippen molar-refractivity contribution in [2.45, 2.75) is 31.7 Å². The summed E-state index contributed by atoms with van der Waals surface area (Å²) in [6.45, 7) is 1.87. The van der Waals surface area contributed by atoms with E-state index in [1.807, 2.05) is 13.0 Å². The lowest BCUT2D eigenvalue weighted by molar-refractivity contribution is 0.0492. The lowest BCUT2D eigenvalue weighted by Crippen LogP contribution is -2.53. The topological polar surface area (TPSA) is 70.1 Å². The minimum absolute atomic E-state index is 0.192. The zero-order valence-electron chi connectivity index (χ0n) is 11.9. The van der Waals surface area contributed by atoms with Crippen LogP contribution in [0.1, 0.15) is 34.6 Å². The molecule has 2 aromatic heterocycles. The number of thiazole rings is 1. The molecule has 108 valence electrons. The molecular weight excluding hydrogens is 286 g/mol. The van der Waals surface area contributed by atoms with Gasteiger partial charge in [-0.05, 0) is 38.3 Å². The van der Waals surface area contributed by atoms with Gasteiger partial charge in [0.15, 0.2) is 10.8 Å². The third-order valence-electron chi connectivity index (χ3n) is 4.07. The largest absolute Gasteiger partial charge is 0.462 e. The summed E-state index contributed by atoms with van der Waals surface area (Å²) >= 11 is 1.43. The van der Waals surface area contributed by atoms with Gasteiger partial charge in [-0.2, -0.15) is 5.26 Å². The monoisotopic (exact) mass is 301 g/mol. The molecule has 2 aromatic rings. The van der Waals surface area contributed by atoms with Crippen molar-refractivity contribution in [1.82, 2.24) is 9.88 Å². The highest BCUT2D eigenvalue weighted by atomic mass is 32.1. The molecule has 1 aliphatic carbocycles. The van der Waals surface area contributed by atoms with Gasteiger partial charge in [-0.1, -0.05) is 0 Å². The molecule has 21 heavy (non-hydrogen) atoms. The van der Waals surface area contributed by atoms with Crippen molar-refractivity contribution in [2.24, 2.45) is 0 Å². The van der Waals surface area contributed by atoms with E-state index in [9.17, 15) is 10.1 Å². The third-order valence-corrected chi connectivity index (χ3v) is 5.05. The molecule has 0 bridgehead atoms. The molecule has 0 N–H and O–H groups in total. The van der Waals surface area contributed by atoms with E-state index in [0.717, 1.165) is 24.1 Å². The van der Waals surface area contributed by atoms with Crippen molar-refractivity contribution in [2.75, 3.05) is 7.05 Å². The Labute approximate surface area is 126 Å². The Morgan fingerprint density at radius 2 is 2.33 bits per heavy atom. The number of nitriles is 1. The molecule has 0 spiro atoms. The van der Waals surface area contributed by atoms with Crippen LogP contribution in [0.25, 0.3) is 10.8 Å². The summed E-state index contributed by atoms with van der Waals surface area (Å²) in [4.78, 5) is 19.4. The number of carbonyl (C=O) groups excluding carboxylic acids is 1. The molecule has 0 atom stereocenters. The van der Waals surface area contributed by atoms with E-state index in [4.69, 9.17) is 4.42 Å². The van der Waals surface area contributed by atoms with E-state index in [1.165, 1.54) is 11.3 Å². The van der Waals surface area contributed by atoms with Gasteiger partial charge in [-0.15, -0.1) is 11.3 Å². The Morgan fingerprint density at radius 3 is 2.86 bits per heavy atom. The number of rotatable bonds is 3. The van der Waals surface area contributed by atoms with Gasteiger partial charge >= 0.3 is 0 Å². The smallest absolute Gasteiger partial charge is 0.274 e. The molecule has 0 unspecified atom stereocenters. The lowest BCUT2D eigenvalue weighted by Gasteiger charge is -2.42. The Morgan fingerprint density at radius 1 is 1.57 bits per heavy atom. The standard InChI is InChI=1S/C15H15N3O2S/c1-10-12(17-13(21-10)11-5-3-8-20-11)14(19)18(2)15(9-16)6-4-7-15/h3,5,8H,4,6-7H2,1-2H3. The van der Waals surface area contributed by atoms with Gasteiger partial charge in [-0.3, -0.25) is 4.79 Å². The maximum Gasteiger partial charge on any atom is 0.274 e. The van der Waals surface area contributed by atoms with Crippen LogP contribution in [0.5, 0.6) is 0 Å². The van der Waals surface area contributed by atoms with E-state index >= 15 is 0 Å². The summed E-state index contributed by atoms with van der Waals surface area (Å²) in [7, 11) is 1.69. The maximum atomic E-state index is 12.6. The Bertz CT molecular complexity index is 708. The van der Waals surface area contributed by atoms with Crippen LogP contribution in [-0.2, 0) is 0 Å². The highest BCUT2D eigenvalue weighted by Gasteiger charge is 2.44. The Hall–Kier alpha value is -2.13. The number of nitrogens with zero attached hydrogens (tertiary/aromatic N) is 3. The molecule has 0 aliphatic heterocycles. The number of aryl methyl sites for hydroxylation is 1. The molecule has 0 saturated heterocycles. The molecular formula is C15H15N3O2S. The second-order valence-electron chi connectivity index (χ2n) is 5.26. The van der Waals surface area contributed by atoms with Crippen LogP contribution >= 0.6 is 11.3 Å². The highest BCUT2D eigenvalue weighted by molar-refractivity contribution is 7.15. The van der Waals surface area contributed by atoms with E-state index in [0.29, 0.717) is 16.5 Å². The van der Waals surface area contributed by atoms with Crippen LogP contribution in [-0.4, -0.2) is 28.4 Å². The Balaban J connectivity index is 1.90. The van der Waals surface area contributed by atoms with Gasteiger partial charge in [0, 0.05) is 11.9 Å². The highest BCUT2D eigenvalue weighted by Crippen LogP contribution is 2.38. The number of hydrogen-bond donors (Lipinski definition) is 0. The van der Waals surface area contributed by atoms with Crippen molar-refractivity contribution in [1.29, 1.82) is 5.26 Å². The van der Waals surface area contributed by atoms with Crippen molar-refractivity contribution in [3.63, 3.8) is 0 Å². The third kappa shape index (κ3) is 2.14. The summed E-state index contributed by atoms with van der Waals surface area (Å²) in [5.41, 5.74) is -0.242. The zero-order chi connectivity index (χ0) is 15.0. The lowest BCUT2D eigenvalue weighted by atomic mass is 9.76. The minimum atomic E-state index is -0.655. The molecule has 1 saturated carbocycles. The number of amides is 1. The quantitative estimate of drug-likeness (QED) is 0.872. The zero-order valence-corrected chi connectivity index (χ0v) is 12.7. The van der Waals surface area contributed by atoms with Gasteiger partial charge < -0.3 is 9.32 Å². The fraction of sp³-hybridized carbons (Fsp3) is 0.400. The van der Waals surface area contributed by atoms with Crippen molar-refractivity contribution >= 4 is 17.2 Å². The van der Waals surface area contributed by atoms with Gasteiger partial charge in [0.1, 0.15) is 11.2 Å². The van der Waals surface area contributed by atoms with Crippen molar-refractivity contribution in [3.8, 4) is 16.8 Å². The SMILES string of the molecule is Cc1sc(-c2ccco2)nc1C(=O)N(C)C1(C#N)CCC1. The van der Waals surface area contributed by atoms with Gasteiger partial charge in [0.05, 0.1) is 12.3 Å². The van der Waals surface area contributed by atoms with Crippen molar-refractivity contribution in [3.05, 3.63) is 29.0 Å². The second kappa shape index (κ2) is 5.01. The van der Waals surface area contributed by atoms with Gasteiger partial charge in [0.2, 0.25) is 0 Å². The molecule has 5 nitrogen and oxygen atoms in total. The number of furan rings is 1. The average Bonchev–Trinajstić information content (AvgIpc) is 3.06. The van der Waals surface area contributed by atoms with Crippen LogP contribution in [0.15, 0.2) is 22.8 Å². The summed E-state index contributed by atoms with van der Waals surface area (Å²) in [5.74, 6) is 0.464. The first-order valence-electron chi connectivity index (χ1n) is 6.78. The minimum Gasteiger partial charge on any atom is -0.462 e. The normalized spacial score (nSPS) is 16.0. The van der Waals surface area contributed by atoms with Gasteiger partial charge in [0.25, 0.3) is 5.91 Å². The number of hydrogen-bond acceptors (Lipinski definition) is 5. The molecule has 1 aliphatic rings. The first-order chi connectivity index (χ1) is 10.1. The molecule has 1 fully saturated rings. The fourth-order valence-electron chi connectivity index (χ4n) is 2.49. The number of aromatic nitrogens is 1. The fourth-order valence-corrected chi connectivity index (χ4v) is 3.36. The summed E-state index contributed by atoms with van der Waals surface area (Å²) in [6, 6.07) is 5.89. The first kappa shape index (κ1) is 13.8. The first-order valence-corrected chi connectivity index (χ1v) is 7.60. The second-order valence-corrected chi connectivity index (χ2v) is 6.47. The average molecular weight is 301 g/mol. The molecule has 3 rings (SSSR count). The Kier molecular flexibility index (Phi) is 3.30. The predicted octanol–water partition coefficient (Wildman–Crippen LogP) is 3.23. The predicted molar refractivity (Wildman–Crippen MR) is 78.8 cm³/mol. The molecule has 2 heterocycles. The van der Waals surface area contributed by atoms with Crippen LogP contribution < -0.4 is 0 Å². The van der Waals surface area contributed by atoms with E-state index in [2.05, 4.69) is 11.1 Å². The van der Waals surface area contributed by atoms with E-state index < -0.39 is 5.54 Å². The van der Waals surface area contributed by atoms with Crippen LogP contribution in [0, 0.1) is 18.3 Å². The molecule has 0 aromatic carbocycles. The molecule has 0 radical (unpaired) electrons. The summed E-state index contributed by atoms with van der Waals surface area (Å²) in [5, 5.41) is 10.0.